The Morgan fingerprint density at radius 1 is 0.853 bits per heavy atom. The van der Waals surface area contributed by atoms with Crippen molar-refractivity contribution in [2.24, 2.45) is 0 Å². The number of ether oxygens (including phenoxy) is 4. The molecule has 0 radical (unpaired) electrons. The lowest BCUT2D eigenvalue weighted by Gasteiger charge is -2.46. The van der Waals surface area contributed by atoms with Crippen molar-refractivity contribution < 1.29 is 63.2 Å². The molecule has 6 N–H and O–H groups in total. The number of rotatable bonds is 13. The van der Waals surface area contributed by atoms with Gasteiger partial charge < -0.3 is 58.6 Å². The maximum Gasteiger partial charge on any atom is 0.330 e. The molecule has 2 heterocycles. The van der Waals surface area contributed by atoms with E-state index in [0.29, 0.717) is 5.33 Å². The topological polar surface area (TPSA) is 194 Å². The third kappa shape index (κ3) is 7.62. The highest BCUT2D eigenvalue weighted by molar-refractivity contribution is 9.09. The lowest BCUT2D eigenvalue weighted by atomic mass is 9.96. The van der Waals surface area contributed by atoms with Gasteiger partial charge in [0.1, 0.15) is 42.7 Å². The Morgan fingerprint density at radius 3 is 2.00 bits per heavy atom. The monoisotopic (exact) mass is 582 g/mol. The molecule has 0 saturated carbocycles. The lowest BCUT2D eigenvalue weighted by molar-refractivity contribution is -0.365. The molecule has 10 atom stereocenters. The van der Waals surface area contributed by atoms with E-state index in [4.69, 9.17) is 28.0 Å². The second-order valence-electron chi connectivity index (χ2n) is 7.84. The minimum atomic E-state index is -3.47. The van der Waals surface area contributed by atoms with Crippen molar-refractivity contribution in [1.82, 2.24) is 0 Å². The van der Waals surface area contributed by atoms with E-state index < -0.39 is 75.6 Å². The first-order chi connectivity index (χ1) is 16.1. The van der Waals surface area contributed by atoms with E-state index in [1.807, 2.05) is 0 Å². The second-order valence-corrected chi connectivity index (χ2v) is 10.8. The minimum Gasteiger partial charge on any atom is -0.394 e. The van der Waals surface area contributed by atoms with E-state index in [1.165, 1.54) is 0 Å². The molecule has 2 saturated heterocycles. The van der Waals surface area contributed by atoms with Crippen molar-refractivity contribution in [3.05, 3.63) is 0 Å². The Morgan fingerprint density at radius 2 is 1.44 bits per heavy atom. The number of hydrogen-bond donors (Lipinski definition) is 6. The van der Waals surface area contributed by atoms with Gasteiger partial charge >= 0.3 is 7.60 Å². The molecule has 5 unspecified atom stereocenters. The Bertz CT molecular complexity index is 635. The highest BCUT2D eigenvalue weighted by Gasteiger charge is 2.51. The summed E-state index contributed by atoms with van der Waals surface area (Å²) in [5.74, 6) is 0. The smallest absolute Gasteiger partial charge is 0.330 e. The van der Waals surface area contributed by atoms with Gasteiger partial charge in [-0.25, -0.2) is 0 Å². The van der Waals surface area contributed by atoms with Gasteiger partial charge in [-0.15, -0.1) is 0 Å². The molecule has 0 aliphatic carbocycles. The predicted molar refractivity (Wildman–Crippen MR) is 119 cm³/mol. The molecular formula is C19H36BrO13P. The summed E-state index contributed by atoms with van der Waals surface area (Å²) in [6, 6.07) is 0. The summed E-state index contributed by atoms with van der Waals surface area (Å²) in [5.41, 5.74) is 0. The van der Waals surface area contributed by atoms with Gasteiger partial charge in [0.15, 0.2) is 12.6 Å². The van der Waals surface area contributed by atoms with Gasteiger partial charge in [0.05, 0.1) is 38.7 Å². The Balaban J connectivity index is 2.15. The van der Waals surface area contributed by atoms with Crippen LogP contribution in [0.15, 0.2) is 0 Å². The first-order valence-electron chi connectivity index (χ1n) is 11.2. The molecule has 0 aromatic carbocycles. The predicted octanol–water partition coefficient (Wildman–Crippen LogP) is -1.31. The molecule has 0 spiro atoms. The van der Waals surface area contributed by atoms with E-state index in [-0.39, 0.29) is 32.4 Å². The average Bonchev–Trinajstić information content (AvgIpc) is 2.81. The average molecular weight is 583 g/mol. The summed E-state index contributed by atoms with van der Waals surface area (Å²) in [7, 11) is -3.47. The number of aliphatic hydroxyl groups excluding tert-OH is 6. The molecule has 0 aromatic heterocycles. The zero-order valence-corrected chi connectivity index (χ0v) is 21.6. The SMILES string of the molecule is CCOP(=O)(CCC1O[C@H](O[C@@H]2C(O)[C@H](O)C(CO)O[C@@H]2OCCBr)C(O)C(O)[C@@H]1O)OCC. The number of hydrogen-bond acceptors (Lipinski definition) is 13. The van der Waals surface area contributed by atoms with Crippen molar-refractivity contribution in [2.75, 3.05) is 37.9 Å². The van der Waals surface area contributed by atoms with Crippen LogP contribution in [0, 0.1) is 0 Å². The Hall–Kier alpha value is 0.230. The normalized spacial score (nSPS) is 39.3. The minimum absolute atomic E-state index is 0.0649. The van der Waals surface area contributed by atoms with Crippen LogP contribution in [-0.4, -0.2) is 130 Å². The van der Waals surface area contributed by atoms with Crippen molar-refractivity contribution in [3.8, 4) is 0 Å². The number of alkyl halides is 1. The van der Waals surface area contributed by atoms with Gasteiger partial charge in [0.25, 0.3) is 0 Å². The third-order valence-corrected chi connectivity index (χ3v) is 7.92. The van der Waals surface area contributed by atoms with Gasteiger partial charge in [-0.1, -0.05) is 15.9 Å². The first-order valence-corrected chi connectivity index (χ1v) is 14.0. The molecule has 0 amide bonds. The fraction of sp³-hybridized carbons (Fsp3) is 1.00. The van der Waals surface area contributed by atoms with Gasteiger partial charge in [0, 0.05) is 5.33 Å². The van der Waals surface area contributed by atoms with Crippen LogP contribution in [0.3, 0.4) is 0 Å². The fourth-order valence-corrected chi connectivity index (χ4v) is 5.64. The van der Waals surface area contributed by atoms with Crippen molar-refractivity contribution in [3.63, 3.8) is 0 Å². The van der Waals surface area contributed by atoms with Gasteiger partial charge in [-0.05, 0) is 20.3 Å². The fourth-order valence-electron chi connectivity index (χ4n) is 3.76. The second kappa shape index (κ2) is 14.2. The van der Waals surface area contributed by atoms with Crippen LogP contribution in [0.4, 0.5) is 0 Å². The molecule has 2 aliphatic heterocycles. The summed E-state index contributed by atoms with van der Waals surface area (Å²) in [6.45, 7) is 3.14. The van der Waals surface area contributed by atoms with Crippen molar-refractivity contribution in [1.29, 1.82) is 0 Å². The highest BCUT2D eigenvalue weighted by Crippen LogP contribution is 2.49. The Kier molecular flexibility index (Phi) is 12.8. The molecule has 2 aliphatic rings. The molecule has 202 valence electrons. The van der Waals surface area contributed by atoms with E-state index in [0.717, 1.165) is 0 Å². The molecule has 2 rings (SSSR count). The molecule has 13 nitrogen and oxygen atoms in total. The zero-order valence-electron chi connectivity index (χ0n) is 19.1. The van der Waals surface area contributed by atoms with Crippen molar-refractivity contribution >= 4 is 23.5 Å². The molecular weight excluding hydrogens is 547 g/mol. The summed E-state index contributed by atoms with van der Waals surface area (Å²) < 4.78 is 45.5. The summed E-state index contributed by atoms with van der Waals surface area (Å²) >= 11 is 3.19. The zero-order chi connectivity index (χ0) is 25.5. The maximum atomic E-state index is 12.7. The van der Waals surface area contributed by atoms with E-state index in [9.17, 15) is 35.2 Å². The standard InChI is InChI=1S/C19H36BrO13P/c1-3-29-34(27,30-4-2)8-5-10-12(22)14(24)16(26)18(31-10)33-17-15(25)13(23)11(9-21)32-19(17)28-7-6-20/h10-19,21-26H,3-9H2,1-2H3/t10?,11?,12-,13-,14?,15?,16?,17-,18-,19+/m1/s1. The van der Waals surface area contributed by atoms with Crippen LogP contribution < -0.4 is 0 Å². The quantitative estimate of drug-likeness (QED) is 0.111. The van der Waals surface area contributed by atoms with E-state index in [1.54, 1.807) is 13.8 Å². The summed E-state index contributed by atoms with van der Waals surface area (Å²) in [6.07, 6.45) is -14.7. The maximum absolute atomic E-state index is 12.7. The molecule has 0 aromatic rings. The van der Waals surface area contributed by atoms with Gasteiger partial charge in [0.2, 0.25) is 0 Å². The van der Waals surface area contributed by atoms with Crippen LogP contribution in [-0.2, 0) is 32.6 Å². The summed E-state index contributed by atoms with van der Waals surface area (Å²) in [4.78, 5) is 0. The number of halogens is 1. The van der Waals surface area contributed by atoms with Crippen LogP contribution in [0.2, 0.25) is 0 Å². The van der Waals surface area contributed by atoms with Crippen LogP contribution >= 0.6 is 23.5 Å². The highest BCUT2D eigenvalue weighted by atomic mass is 79.9. The molecule has 0 bridgehead atoms. The number of aliphatic hydroxyl groups is 6. The first kappa shape index (κ1) is 30.5. The van der Waals surface area contributed by atoms with Gasteiger partial charge in [-0.3, -0.25) is 4.57 Å². The molecule has 15 heteroatoms. The van der Waals surface area contributed by atoms with E-state index >= 15 is 0 Å². The third-order valence-electron chi connectivity index (χ3n) is 5.48. The Labute approximate surface area is 206 Å². The molecule has 34 heavy (non-hydrogen) atoms. The van der Waals surface area contributed by atoms with Gasteiger partial charge in [-0.2, -0.15) is 0 Å². The molecule has 2 fully saturated rings. The lowest BCUT2D eigenvalue weighted by Crippen LogP contribution is -2.64. The van der Waals surface area contributed by atoms with Crippen molar-refractivity contribution in [2.45, 2.75) is 81.7 Å². The van der Waals surface area contributed by atoms with Crippen LogP contribution in [0.5, 0.6) is 0 Å². The largest absolute Gasteiger partial charge is 0.394 e. The van der Waals surface area contributed by atoms with Crippen LogP contribution in [0.25, 0.3) is 0 Å². The van der Waals surface area contributed by atoms with E-state index in [2.05, 4.69) is 15.9 Å². The summed E-state index contributed by atoms with van der Waals surface area (Å²) in [5, 5.41) is 61.8. The van der Waals surface area contributed by atoms with Crippen LogP contribution in [0.1, 0.15) is 20.3 Å².